The number of pyridine rings is 1. The fraction of sp³-hybridized carbons (Fsp3) is 0.182. The van der Waals surface area contributed by atoms with Gasteiger partial charge in [-0.2, -0.15) is 0 Å². The SMILES string of the molecule is COc1ccc(-c2ccc(Nc3cccc(OCC(=O)N(C)C)c3)nc2)cc1. The Morgan fingerprint density at radius 3 is 2.39 bits per heavy atom. The van der Waals surface area contributed by atoms with E-state index in [4.69, 9.17) is 9.47 Å². The highest BCUT2D eigenvalue weighted by Gasteiger charge is 2.06. The van der Waals surface area contributed by atoms with Crippen LogP contribution in [0.1, 0.15) is 0 Å². The number of nitrogens with zero attached hydrogens (tertiary/aromatic N) is 2. The summed E-state index contributed by atoms with van der Waals surface area (Å²) in [5.41, 5.74) is 2.92. The van der Waals surface area contributed by atoms with Crippen molar-refractivity contribution in [2.45, 2.75) is 0 Å². The molecule has 0 aliphatic carbocycles. The minimum atomic E-state index is -0.0888. The van der Waals surface area contributed by atoms with Crippen molar-refractivity contribution in [2.75, 3.05) is 33.1 Å². The number of carbonyl (C=O) groups is 1. The molecule has 2 aromatic carbocycles. The zero-order chi connectivity index (χ0) is 19.9. The van der Waals surface area contributed by atoms with Crippen LogP contribution in [0.25, 0.3) is 11.1 Å². The monoisotopic (exact) mass is 377 g/mol. The van der Waals surface area contributed by atoms with Crippen LogP contribution in [0.2, 0.25) is 0 Å². The normalized spacial score (nSPS) is 10.2. The maximum absolute atomic E-state index is 11.6. The molecule has 28 heavy (non-hydrogen) atoms. The van der Waals surface area contributed by atoms with Gasteiger partial charge in [-0.05, 0) is 42.0 Å². The predicted octanol–water partition coefficient (Wildman–Crippen LogP) is 3.97. The van der Waals surface area contributed by atoms with Gasteiger partial charge in [0.2, 0.25) is 0 Å². The summed E-state index contributed by atoms with van der Waals surface area (Å²) in [6.07, 6.45) is 1.82. The maximum atomic E-state index is 11.6. The highest BCUT2D eigenvalue weighted by atomic mass is 16.5. The summed E-state index contributed by atoms with van der Waals surface area (Å²) in [5, 5.41) is 3.25. The number of hydrogen-bond acceptors (Lipinski definition) is 5. The Balaban J connectivity index is 1.65. The third-order valence-corrected chi connectivity index (χ3v) is 4.15. The molecular weight excluding hydrogens is 354 g/mol. The van der Waals surface area contributed by atoms with Crippen molar-refractivity contribution in [1.82, 2.24) is 9.88 Å². The van der Waals surface area contributed by atoms with E-state index < -0.39 is 0 Å². The van der Waals surface area contributed by atoms with E-state index >= 15 is 0 Å². The summed E-state index contributed by atoms with van der Waals surface area (Å²) in [5.74, 6) is 2.08. The van der Waals surface area contributed by atoms with E-state index in [-0.39, 0.29) is 12.5 Å². The summed E-state index contributed by atoms with van der Waals surface area (Å²) >= 11 is 0. The van der Waals surface area contributed by atoms with Gasteiger partial charge in [0.05, 0.1) is 7.11 Å². The lowest BCUT2D eigenvalue weighted by molar-refractivity contribution is -0.130. The molecule has 1 heterocycles. The van der Waals surface area contributed by atoms with Gasteiger partial charge >= 0.3 is 0 Å². The Morgan fingerprint density at radius 2 is 1.75 bits per heavy atom. The first-order chi connectivity index (χ1) is 13.5. The Hall–Kier alpha value is -3.54. The number of amides is 1. The van der Waals surface area contributed by atoms with Gasteiger partial charge in [-0.25, -0.2) is 4.98 Å². The molecule has 6 heteroatoms. The van der Waals surface area contributed by atoms with E-state index in [0.717, 1.165) is 28.4 Å². The number of likely N-dealkylation sites (N-methyl/N-ethyl adjacent to an activating group) is 1. The average Bonchev–Trinajstić information content (AvgIpc) is 2.73. The molecule has 0 saturated heterocycles. The van der Waals surface area contributed by atoms with Crippen LogP contribution in [0.3, 0.4) is 0 Å². The summed E-state index contributed by atoms with van der Waals surface area (Å²) in [6, 6.07) is 19.2. The van der Waals surface area contributed by atoms with Crippen LogP contribution in [0, 0.1) is 0 Å². The minimum absolute atomic E-state index is 0.00522. The molecule has 1 aromatic heterocycles. The molecule has 1 amide bonds. The maximum Gasteiger partial charge on any atom is 0.259 e. The lowest BCUT2D eigenvalue weighted by Gasteiger charge is -2.12. The molecule has 0 fully saturated rings. The van der Waals surface area contributed by atoms with Crippen molar-refractivity contribution >= 4 is 17.4 Å². The molecule has 0 saturated carbocycles. The predicted molar refractivity (Wildman–Crippen MR) is 110 cm³/mol. The van der Waals surface area contributed by atoms with Crippen molar-refractivity contribution in [3.8, 4) is 22.6 Å². The molecule has 144 valence electrons. The van der Waals surface area contributed by atoms with Gasteiger partial charge in [0.15, 0.2) is 6.61 Å². The van der Waals surface area contributed by atoms with Crippen LogP contribution in [0.5, 0.6) is 11.5 Å². The highest BCUT2D eigenvalue weighted by Crippen LogP contribution is 2.24. The Bertz CT molecular complexity index is 923. The molecule has 3 rings (SSSR count). The van der Waals surface area contributed by atoms with Gasteiger partial charge in [0, 0.05) is 37.6 Å². The number of rotatable bonds is 7. The molecule has 0 aliphatic heterocycles. The topological polar surface area (TPSA) is 63.7 Å². The van der Waals surface area contributed by atoms with E-state index in [1.165, 1.54) is 4.90 Å². The summed E-state index contributed by atoms with van der Waals surface area (Å²) < 4.78 is 10.7. The van der Waals surface area contributed by atoms with Crippen LogP contribution in [-0.4, -0.2) is 43.6 Å². The molecule has 0 unspecified atom stereocenters. The van der Waals surface area contributed by atoms with Crippen molar-refractivity contribution in [3.63, 3.8) is 0 Å². The quantitative estimate of drug-likeness (QED) is 0.675. The standard InChI is InChI=1S/C22H23N3O3/c1-25(2)22(26)15-28-20-6-4-5-18(13-20)24-21-12-9-17(14-23-21)16-7-10-19(27-3)11-8-16/h4-14H,15H2,1-3H3,(H,23,24). The second-order valence-electron chi connectivity index (χ2n) is 6.39. The van der Waals surface area contributed by atoms with Gasteiger partial charge in [-0.1, -0.05) is 18.2 Å². The largest absolute Gasteiger partial charge is 0.497 e. The lowest BCUT2D eigenvalue weighted by Crippen LogP contribution is -2.27. The van der Waals surface area contributed by atoms with Crippen molar-refractivity contribution in [3.05, 3.63) is 66.9 Å². The van der Waals surface area contributed by atoms with Crippen LogP contribution in [0.15, 0.2) is 66.9 Å². The summed E-state index contributed by atoms with van der Waals surface area (Å²) in [6.45, 7) is 0.00522. The number of aromatic nitrogens is 1. The first kappa shape index (κ1) is 19.2. The Kier molecular flexibility index (Phi) is 6.11. The Labute approximate surface area is 164 Å². The molecule has 6 nitrogen and oxygen atoms in total. The third-order valence-electron chi connectivity index (χ3n) is 4.15. The van der Waals surface area contributed by atoms with Crippen molar-refractivity contribution in [2.24, 2.45) is 0 Å². The van der Waals surface area contributed by atoms with E-state index in [1.54, 1.807) is 21.2 Å². The first-order valence-corrected chi connectivity index (χ1v) is 8.85. The third kappa shape index (κ3) is 5.01. The van der Waals surface area contributed by atoms with Gasteiger partial charge < -0.3 is 19.7 Å². The molecule has 0 spiro atoms. The van der Waals surface area contributed by atoms with Gasteiger partial charge in [-0.15, -0.1) is 0 Å². The molecule has 0 radical (unpaired) electrons. The van der Waals surface area contributed by atoms with Gasteiger partial charge in [0.1, 0.15) is 17.3 Å². The number of carbonyl (C=O) groups excluding carboxylic acids is 1. The van der Waals surface area contributed by atoms with Gasteiger partial charge in [0.25, 0.3) is 5.91 Å². The highest BCUT2D eigenvalue weighted by molar-refractivity contribution is 5.77. The van der Waals surface area contributed by atoms with E-state index in [0.29, 0.717) is 5.75 Å². The Morgan fingerprint density at radius 1 is 1.00 bits per heavy atom. The molecule has 3 aromatic rings. The smallest absolute Gasteiger partial charge is 0.259 e. The number of ether oxygens (including phenoxy) is 2. The van der Waals surface area contributed by atoms with Crippen LogP contribution >= 0.6 is 0 Å². The first-order valence-electron chi connectivity index (χ1n) is 8.85. The second kappa shape index (κ2) is 8.90. The van der Waals surface area contributed by atoms with E-state index in [1.807, 2.05) is 66.9 Å². The lowest BCUT2D eigenvalue weighted by atomic mass is 10.1. The molecule has 0 bridgehead atoms. The van der Waals surface area contributed by atoms with Crippen LogP contribution in [0.4, 0.5) is 11.5 Å². The van der Waals surface area contributed by atoms with Crippen molar-refractivity contribution in [1.29, 1.82) is 0 Å². The van der Waals surface area contributed by atoms with E-state index in [2.05, 4.69) is 10.3 Å². The number of anilines is 2. The summed E-state index contributed by atoms with van der Waals surface area (Å²) in [7, 11) is 5.05. The summed E-state index contributed by atoms with van der Waals surface area (Å²) in [4.78, 5) is 17.6. The van der Waals surface area contributed by atoms with Gasteiger partial charge in [-0.3, -0.25) is 4.79 Å². The number of methoxy groups -OCH3 is 1. The number of nitrogens with one attached hydrogen (secondary N) is 1. The zero-order valence-electron chi connectivity index (χ0n) is 16.2. The number of hydrogen-bond donors (Lipinski definition) is 1. The zero-order valence-corrected chi connectivity index (χ0v) is 16.2. The minimum Gasteiger partial charge on any atom is -0.497 e. The molecule has 0 aliphatic rings. The fourth-order valence-electron chi connectivity index (χ4n) is 2.51. The molecule has 1 N–H and O–H groups in total. The number of benzene rings is 2. The van der Waals surface area contributed by atoms with Crippen LogP contribution < -0.4 is 14.8 Å². The average molecular weight is 377 g/mol. The second-order valence-corrected chi connectivity index (χ2v) is 6.39. The van der Waals surface area contributed by atoms with Crippen LogP contribution in [-0.2, 0) is 4.79 Å². The fourth-order valence-corrected chi connectivity index (χ4v) is 2.51. The van der Waals surface area contributed by atoms with Crippen molar-refractivity contribution < 1.29 is 14.3 Å². The molecular formula is C22H23N3O3. The van der Waals surface area contributed by atoms with E-state index in [9.17, 15) is 4.79 Å². The molecule has 0 atom stereocenters.